The van der Waals surface area contributed by atoms with E-state index in [2.05, 4.69) is 0 Å². The van der Waals surface area contributed by atoms with Crippen LogP contribution >= 0.6 is 0 Å². The van der Waals surface area contributed by atoms with Gasteiger partial charge < -0.3 is 14.6 Å². The van der Waals surface area contributed by atoms with Crippen LogP contribution in [0.25, 0.3) is 0 Å². The summed E-state index contributed by atoms with van der Waals surface area (Å²) >= 11 is 0. The maximum atomic E-state index is 11.8. The van der Waals surface area contributed by atoms with Gasteiger partial charge in [0.2, 0.25) is 0 Å². The Labute approximate surface area is 107 Å². The molecule has 104 valence electrons. The highest BCUT2D eigenvalue weighted by atomic mass is 16.5. The number of rotatable bonds is 5. The molecule has 0 amide bonds. The van der Waals surface area contributed by atoms with E-state index in [0.29, 0.717) is 0 Å². The molecule has 1 N–H and O–H groups in total. The number of carbonyl (C=O) groups is 2. The van der Waals surface area contributed by atoms with E-state index >= 15 is 0 Å². The van der Waals surface area contributed by atoms with Gasteiger partial charge in [-0.3, -0.25) is 9.59 Å². The monoisotopic (exact) mass is 258 g/mol. The Morgan fingerprint density at radius 1 is 1.50 bits per heavy atom. The number of carbonyl (C=O) groups excluding carboxylic acids is 1. The zero-order valence-electron chi connectivity index (χ0n) is 11.5. The van der Waals surface area contributed by atoms with Crippen molar-refractivity contribution in [2.24, 2.45) is 5.41 Å². The van der Waals surface area contributed by atoms with Gasteiger partial charge in [0.1, 0.15) is 0 Å². The zero-order chi connectivity index (χ0) is 14.0. The van der Waals surface area contributed by atoms with E-state index in [1.807, 2.05) is 13.8 Å². The number of hydrogen-bond acceptors (Lipinski definition) is 4. The molecule has 1 saturated heterocycles. The minimum Gasteiger partial charge on any atom is -0.480 e. The number of aliphatic carboxylic acids is 1. The first kappa shape index (κ1) is 15.0. The van der Waals surface area contributed by atoms with Crippen molar-refractivity contribution in [3.8, 4) is 0 Å². The molecule has 2 unspecified atom stereocenters. The van der Waals surface area contributed by atoms with Crippen LogP contribution in [0.5, 0.6) is 0 Å². The van der Waals surface area contributed by atoms with Gasteiger partial charge in [-0.05, 0) is 40.5 Å². The minimum absolute atomic E-state index is 0.157. The summed E-state index contributed by atoms with van der Waals surface area (Å²) in [6.07, 6.45) is 1.60. The molecule has 0 saturated carbocycles. The van der Waals surface area contributed by atoms with E-state index in [4.69, 9.17) is 9.47 Å². The van der Waals surface area contributed by atoms with Gasteiger partial charge in [-0.15, -0.1) is 0 Å². The Morgan fingerprint density at radius 3 is 2.50 bits per heavy atom. The van der Waals surface area contributed by atoms with Crippen molar-refractivity contribution in [3.63, 3.8) is 0 Å². The smallest absolute Gasteiger partial charge is 0.323 e. The van der Waals surface area contributed by atoms with E-state index in [0.717, 1.165) is 12.8 Å². The average Bonchev–Trinajstić information content (AvgIpc) is 2.57. The molecule has 5 heteroatoms. The lowest BCUT2D eigenvalue weighted by molar-refractivity contribution is -0.170. The quantitative estimate of drug-likeness (QED) is 0.603. The first-order valence-electron chi connectivity index (χ1n) is 6.30. The molecule has 0 aromatic carbocycles. The maximum absolute atomic E-state index is 11.8. The van der Waals surface area contributed by atoms with Crippen LogP contribution in [0.3, 0.4) is 0 Å². The van der Waals surface area contributed by atoms with Crippen LogP contribution < -0.4 is 0 Å². The zero-order valence-corrected chi connectivity index (χ0v) is 11.5. The number of carboxylic acids is 1. The van der Waals surface area contributed by atoms with Gasteiger partial charge in [-0.1, -0.05) is 0 Å². The van der Waals surface area contributed by atoms with Crippen molar-refractivity contribution in [3.05, 3.63) is 0 Å². The largest absolute Gasteiger partial charge is 0.480 e. The molecule has 2 atom stereocenters. The number of ether oxygens (including phenoxy) is 2. The van der Waals surface area contributed by atoms with Gasteiger partial charge in [0.15, 0.2) is 5.41 Å². The van der Waals surface area contributed by atoms with E-state index in [-0.39, 0.29) is 24.7 Å². The van der Waals surface area contributed by atoms with Crippen LogP contribution in [0.1, 0.15) is 47.0 Å². The fourth-order valence-corrected chi connectivity index (χ4v) is 2.23. The molecule has 0 radical (unpaired) electrons. The average molecular weight is 258 g/mol. The molecule has 0 bridgehead atoms. The number of hydrogen-bond donors (Lipinski definition) is 1. The van der Waals surface area contributed by atoms with Gasteiger partial charge in [-0.2, -0.15) is 0 Å². The summed E-state index contributed by atoms with van der Waals surface area (Å²) in [5, 5.41) is 9.26. The van der Waals surface area contributed by atoms with Gasteiger partial charge >= 0.3 is 11.9 Å². The maximum Gasteiger partial charge on any atom is 0.323 e. The molecule has 0 aromatic rings. The van der Waals surface area contributed by atoms with Crippen molar-refractivity contribution >= 4 is 11.9 Å². The fourth-order valence-electron chi connectivity index (χ4n) is 2.23. The molecule has 0 spiro atoms. The second-order valence-corrected chi connectivity index (χ2v) is 5.60. The second-order valence-electron chi connectivity index (χ2n) is 5.60. The summed E-state index contributed by atoms with van der Waals surface area (Å²) in [6, 6.07) is 0. The predicted molar refractivity (Wildman–Crippen MR) is 65.2 cm³/mol. The van der Waals surface area contributed by atoms with Crippen LogP contribution in [-0.2, 0) is 19.1 Å². The van der Waals surface area contributed by atoms with Crippen molar-refractivity contribution < 1.29 is 24.2 Å². The Hall–Kier alpha value is -1.10. The molecule has 0 aromatic heterocycles. The lowest BCUT2D eigenvalue weighted by atomic mass is 9.83. The normalized spacial score (nSPS) is 25.4. The molecule has 1 heterocycles. The SMILES string of the molecule is CCOC(=O)C(C)(CC1CCC(C)(C)O1)C(=O)O. The lowest BCUT2D eigenvalue weighted by Gasteiger charge is -2.27. The minimum atomic E-state index is -1.53. The van der Waals surface area contributed by atoms with Crippen LogP contribution in [0.4, 0.5) is 0 Å². The summed E-state index contributed by atoms with van der Waals surface area (Å²) in [7, 11) is 0. The van der Waals surface area contributed by atoms with E-state index in [1.165, 1.54) is 6.92 Å². The highest BCUT2D eigenvalue weighted by molar-refractivity contribution is 5.98. The molecule has 1 aliphatic rings. The molecule has 5 nitrogen and oxygen atoms in total. The predicted octanol–water partition coefficient (Wildman–Crippen LogP) is 1.99. The van der Waals surface area contributed by atoms with Crippen LogP contribution in [0.15, 0.2) is 0 Å². The van der Waals surface area contributed by atoms with Gasteiger partial charge in [0.25, 0.3) is 0 Å². The van der Waals surface area contributed by atoms with Crippen LogP contribution in [-0.4, -0.2) is 35.4 Å². The third kappa shape index (κ3) is 3.22. The first-order valence-corrected chi connectivity index (χ1v) is 6.30. The summed E-state index contributed by atoms with van der Waals surface area (Å²) in [4.78, 5) is 23.1. The van der Waals surface area contributed by atoms with Gasteiger partial charge in [-0.25, -0.2) is 0 Å². The van der Waals surface area contributed by atoms with Crippen molar-refractivity contribution in [1.29, 1.82) is 0 Å². The molecule has 0 aliphatic carbocycles. The standard InChI is InChI=1S/C13H22O5/c1-5-17-11(16)13(4,10(14)15)8-9-6-7-12(2,3)18-9/h9H,5-8H2,1-4H3,(H,14,15). The van der Waals surface area contributed by atoms with Crippen molar-refractivity contribution in [1.82, 2.24) is 0 Å². The van der Waals surface area contributed by atoms with E-state index in [1.54, 1.807) is 6.92 Å². The van der Waals surface area contributed by atoms with Crippen molar-refractivity contribution in [2.75, 3.05) is 6.61 Å². The summed E-state index contributed by atoms with van der Waals surface area (Å²) in [5.74, 6) is -1.85. The van der Waals surface area contributed by atoms with E-state index < -0.39 is 17.4 Å². The summed E-state index contributed by atoms with van der Waals surface area (Å²) < 4.78 is 10.6. The number of esters is 1. The molecular formula is C13H22O5. The fraction of sp³-hybridized carbons (Fsp3) is 0.846. The number of carboxylic acid groups (broad SMARTS) is 1. The topological polar surface area (TPSA) is 72.8 Å². The van der Waals surface area contributed by atoms with Gasteiger partial charge in [0, 0.05) is 6.42 Å². The first-order chi connectivity index (χ1) is 8.21. The Bertz CT molecular complexity index is 336. The summed E-state index contributed by atoms with van der Waals surface area (Å²) in [5.41, 5.74) is -1.76. The summed E-state index contributed by atoms with van der Waals surface area (Å²) in [6.45, 7) is 7.18. The molecule has 1 aliphatic heterocycles. The molecule has 1 fully saturated rings. The van der Waals surface area contributed by atoms with Crippen LogP contribution in [0, 0.1) is 5.41 Å². The highest BCUT2D eigenvalue weighted by Crippen LogP contribution is 2.36. The lowest BCUT2D eigenvalue weighted by Crippen LogP contribution is -2.41. The highest BCUT2D eigenvalue weighted by Gasteiger charge is 2.47. The van der Waals surface area contributed by atoms with Crippen LogP contribution in [0.2, 0.25) is 0 Å². The Kier molecular flexibility index (Phi) is 4.37. The molecule has 18 heavy (non-hydrogen) atoms. The Morgan fingerprint density at radius 2 is 2.11 bits per heavy atom. The molecule has 1 rings (SSSR count). The van der Waals surface area contributed by atoms with Crippen molar-refractivity contribution in [2.45, 2.75) is 58.7 Å². The third-order valence-corrected chi connectivity index (χ3v) is 3.39. The third-order valence-electron chi connectivity index (χ3n) is 3.39. The molecular weight excluding hydrogens is 236 g/mol. The Balaban J connectivity index is 2.75. The van der Waals surface area contributed by atoms with Gasteiger partial charge in [0.05, 0.1) is 18.3 Å². The van der Waals surface area contributed by atoms with E-state index in [9.17, 15) is 14.7 Å². The second kappa shape index (κ2) is 5.26.